The van der Waals surface area contributed by atoms with Gasteiger partial charge in [0.05, 0.1) is 0 Å². The molecule has 1 atom stereocenters. The molecule has 2 aromatic carbocycles. The highest BCUT2D eigenvalue weighted by atomic mass is 32.1. The number of nitrogens with zero attached hydrogens (tertiary/aromatic N) is 1. The molecule has 0 bridgehead atoms. The topological polar surface area (TPSA) is 58.6 Å². The zero-order valence-corrected chi connectivity index (χ0v) is 16.0. The van der Waals surface area contributed by atoms with Crippen molar-refractivity contribution in [3.05, 3.63) is 59.2 Å². The van der Waals surface area contributed by atoms with Crippen LogP contribution in [0.4, 0.5) is 15.8 Å². The maximum Gasteiger partial charge on any atom is 0.349 e. The van der Waals surface area contributed by atoms with Gasteiger partial charge in [0, 0.05) is 30.2 Å². The van der Waals surface area contributed by atoms with Crippen molar-refractivity contribution in [1.29, 1.82) is 0 Å². The number of fused-ring (bicyclic) bond motifs is 1. The Morgan fingerprint density at radius 2 is 1.81 bits per heavy atom. The Kier molecular flexibility index (Phi) is 5.41. The van der Waals surface area contributed by atoms with E-state index in [9.17, 15) is 14.0 Å². The molecule has 140 valence electrons. The molecule has 1 heterocycles. The molecule has 1 N–H and O–H groups in total. The third-order valence-electron chi connectivity index (χ3n) is 3.99. The van der Waals surface area contributed by atoms with Gasteiger partial charge in [0.25, 0.3) is 5.91 Å². The summed E-state index contributed by atoms with van der Waals surface area (Å²) in [6.07, 6.45) is -0.965. The molecule has 3 rings (SSSR count). The number of hydrogen-bond donors (Lipinski definition) is 1. The summed E-state index contributed by atoms with van der Waals surface area (Å²) in [6, 6.07) is 13.2. The molecular weight excluding hydrogens is 367 g/mol. The van der Waals surface area contributed by atoms with E-state index in [1.807, 2.05) is 31.1 Å². The second-order valence-electron chi connectivity index (χ2n) is 6.27. The number of carbonyl (C=O) groups excluding carboxylic acids is 2. The van der Waals surface area contributed by atoms with Crippen molar-refractivity contribution in [2.45, 2.75) is 13.0 Å². The number of benzene rings is 2. The van der Waals surface area contributed by atoms with Crippen LogP contribution in [-0.2, 0) is 9.53 Å². The number of rotatable bonds is 5. The van der Waals surface area contributed by atoms with Gasteiger partial charge < -0.3 is 15.0 Å². The van der Waals surface area contributed by atoms with Crippen LogP contribution in [0.15, 0.2) is 48.5 Å². The van der Waals surface area contributed by atoms with E-state index in [4.69, 9.17) is 4.74 Å². The Labute approximate surface area is 160 Å². The van der Waals surface area contributed by atoms with Gasteiger partial charge >= 0.3 is 5.97 Å². The minimum atomic E-state index is -0.965. The third kappa shape index (κ3) is 4.43. The summed E-state index contributed by atoms with van der Waals surface area (Å²) < 4.78 is 19.2. The summed E-state index contributed by atoms with van der Waals surface area (Å²) >= 11 is 1.13. The fourth-order valence-corrected chi connectivity index (χ4v) is 3.44. The summed E-state index contributed by atoms with van der Waals surface area (Å²) in [7, 11) is 3.86. The Morgan fingerprint density at radius 1 is 1.11 bits per heavy atom. The number of nitrogens with one attached hydrogen (secondary N) is 1. The first-order valence-corrected chi connectivity index (χ1v) is 9.13. The highest BCUT2D eigenvalue weighted by molar-refractivity contribution is 7.20. The normalized spacial score (nSPS) is 11.9. The van der Waals surface area contributed by atoms with Gasteiger partial charge in [-0.15, -0.1) is 11.3 Å². The molecule has 3 aromatic rings. The molecule has 7 heteroatoms. The summed E-state index contributed by atoms with van der Waals surface area (Å²) in [5, 5.41) is 3.47. The molecule has 27 heavy (non-hydrogen) atoms. The minimum absolute atomic E-state index is 0.325. The maximum atomic E-state index is 13.3. The standard InChI is InChI=1S/C20H19FN2O3S/c1-12(19(24)22-15-6-8-16(9-7-15)23(2)3)26-20(25)18-10-13-4-5-14(21)11-17(13)27-18/h4-12H,1-3H3,(H,22,24)/t12-/m0/s1. The van der Waals surface area contributed by atoms with Gasteiger partial charge in [-0.2, -0.15) is 0 Å². The number of esters is 1. The zero-order chi connectivity index (χ0) is 19.6. The van der Waals surface area contributed by atoms with Crippen LogP contribution in [0.25, 0.3) is 10.1 Å². The maximum absolute atomic E-state index is 13.3. The summed E-state index contributed by atoms with van der Waals surface area (Å²) in [5.41, 5.74) is 1.62. The van der Waals surface area contributed by atoms with Crippen LogP contribution < -0.4 is 10.2 Å². The molecule has 0 fully saturated rings. The average Bonchev–Trinajstić information content (AvgIpc) is 3.05. The molecule has 0 radical (unpaired) electrons. The molecule has 1 aromatic heterocycles. The number of hydrogen-bond acceptors (Lipinski definition) is 5. The lowest BCUT2D eigenvalue weighted by molar-refractivity contribution is -0.123. The van der Waals surface area contributed by atoms with Gasteiger partial charge in [-0.05, 0) is 54.8 Å². The third-order valence-corrected chi connectivity index (χ3v) is 5.07. The average molecular weight is 386 g/mol. The number of thiophene rings is 1. The molecule has 1 amide bonds. The van der Waals surface area contributed by atoms with Gasteiger partial charge in [-0.1, -0.05) is 6.07 Å². The molecule has 0 saturated carbocycles. The van der Waals surface area contributed by atoms with Crippen molar-refractivity contribution in [2.75, 3.05) is 24.3 Å². The van der Waals surface area contributed by atoms with E-state index in [-0.39, 0.29) is 5.82 Å². The van der Waals surface area contributed by atoms with Crippen LogP contribution in [0.1, 0.15) is 16.6 Å². The number of halogens is 1. The van der Waals surface area contributed by atoms with Crippen molar-refractivity contribution < 1.29 is 18.7 Å². The van der Waals surface area contributed by atoms with Crippen LogP contribution in [0.5, 0.6) is 0 Å². The molecule has 5 nitrogen and oxygen atoms in total. The first kappa shape index (κ1) is 18.8. The summed E-state index contributed by atoms with van der Waals surface area (Å²) in [5.74, 6) is -1.40. The van der Waals surface area contributed by atoms with Crippen molar-refractivity contribution in [3.63, 3.8) is 0 Å². The molecule has 0 aliphatic heterocycles. The van der Waals surface area contributed by atoms with E-state index in [1.54, 1.807) is 24.3 Å². The molecule has 0 aliphatic rings. The number of anilines is 2. The molecular formula is C20H19FN2O3S. The quantitative estimate of drug-likeness (QED) is 0.665. The molecule has 0 unspecified atom stereocenters. The van der Waals surface area contributed by atoms with Crippen LogP contribution in [-0.4, -0.2) is 32.1 Å². The largest absolute Gasteiger partial charge is 0.448 e. The summed E-state index contributed by atoms with van der Waals surface area (Å²) in [6.45, 7) is 1.51. The van der Waals surface area contributed by atoms with Gasteiger partial charge in [0.15, 0.2) is 6.10 Å². The van der Waals surface area contributed by atoms with Crippen molar-refractivity contribution >= 4 is 44.7 Å². The van der Waals surface area contributed by atoms with E-state index >= 15 is 0 Å². The smallest absolute Gasteiger partial charge is 0.349 e. The van der Waals surface area contributed by atoms with E-state index in [2.05, 4.69) is 5.32 Å². The van der Waals surface area contributed by atoms with E-state index in [1.165, 1.54) is 19.1 Å². The van der Waals surface area contributed by atoms with Gasteiger partial charge in [0.2, 0.25) is 0 Å². The van der Waals surface area contributed by atoms with Crippen molar-refractivity contribution in [1.82, 2.24) is 0 Å². The van der Waals surface area contributed by atoms with E-state index in [0.717, 1.165) is 22.4 Å². The van der Waals surface area contributed by atoms with Crippen LogP contribution in [0.2, 0.25) is 0 Å². The number of ether oxygens (including phenoxy) is 1. The first-order chi connectivity index (χ1) is 12.8. The number of carbonyl (C=O) groups is 2. The zero-order valence-electron chi connectivity index (χ0n) is 15.2. The second-order valence-corrected chi connectivity index (χ2v) is 7.35. The van der Waals surface area contributed by atoms with Crippen molar-refractivity contribution in [2.24, 2.45) is 0 Å². The van der Waals surface area contributed by atoms with Gasteiger partial charge in [0.1, 0.15) is 10.7 Å². The molecule has 0 spiro atoms. The number of amides is 1. The van der Waals surface area contributed by atoms with Crippen LogP contribution >= 0.6 is 11.3 Å². The molecule has 0 aliphatic carbocycles. The predicted molar refractivity (Wildman–Crippen MR) is 106 cm³/mol. The van der Waals surface area contributed by atoms with Gasteiger partial charge in [-0.3, -0.25) is 4.79 Å². The lowest BCUT2D eigenvalue weighted by Gasteiger charge is -2.15. The second kappa shape index (κ2) is 7.75. The van der Waals surface area contributed by atoms with Crippen LogP contribution in [0, 0.1) is 5.82 Å². The SMILES string of the molecule is C[C@H](OC(=O)c1cc2ccc(F)cc2s1)C(=O)Nc1ccc(N(C)C)cc1. The van der Waals surface area contributed by atoms with Crippen LogP contribution in [0.3, 0.4) is 0 Å². The predicted octanol–water partition coefficient (Wildman–Crippen LogP) is 4.29. The van der Waals surface area contributed by atoms with E-state index < -0.39 is 18.0 Å². The Hall–Kier alpha value is -2.93. The summed E-state index contributed by atoms with van der Waals surface area (Å²) in [4.78, 5) is 26.8. The lowest BCUT2D eigenvalue weighted by atomic mass is 10.2. The monoisotopic (exact) mass is 386 g/mol. The fourth-order valence-electron chi connectivity index (χ4n) is 2.46. The minimum Gasteiger partial charge on any atom is -0.448 e. The van der Waals surface area contributed by atoms with E-state index in [0.29, 0.717) is 15.3 Å². The Morgan fingerprint density at radius 3 is 2.48 bits per heavy atom. The van der Waals surface area contributed by atoms with Gasteiger partial charge in [-0.25, -0.2) is 9.18 Å². The van der Waals surface area contributed by atoms with Crippen molar-refractivity contribution in [3.8, 4) is 0 Å². The Balaban J connectivity index is 1.63. The Bertz CT molecular complexity index is 983. The fraction of sp³-hybridized carbons (Fsp3) is 0.200. The highest BCUT2D eigenvalue weighted by Crippen LogP contribution is 2.27. The highest BCUT2D eigenvalue weighted by Gasteiger charge is 2.20. The lowest BCUT2D eigenvalue weighted by Crippen LogP contribution is -2.29. The molecule has 0 saturated heterocycles. The first-order valence-electron chi connectivity index (χ1n) is 8.32.